The van der Waals surface area contributed by atoms with Crippen LogP contribution in [0.2, 0.25) is 0 Å². The van der Waals surface area contributed by atoms with Crippen molar-refractivity contribution >= 4 is 22.0 Å². The van der Waals surface area contributed by atoms with Gasteiger partial charge in [0.25, 0.3) is 0 Å². The van der Waals surface area contributed by atoms with Crippen LogP contribution < -0.4 is 0 Å². The van der Waals surface area contributed by atoms with E-state index in [4.69, 9.17) is 4.74 Å². The second-order valence-corrected chi connectivity index (χ2v) is 6.55. The maximum atomic E-state index is 12.0. The number of carbonyl (C=O) groups is 1. The molecule has 0 saturated carbocycles. The van der Waals surface area contributed by atoms with Crippen molar-refractivity contribution in [2.75, 3.05) is 18.4 Å². The highest BCUT2D eigenvalue weighted by atomic mass is 79.9. The van der Waals surface area contributed by atoms with Crippen LogP contribution in [-0.4, -0.2) is 35.0 Å². The summed E-state index contributed by atoms with van der Waals surface area (Å²) in [6.07, 6.45) is 3.18. The second-order valence-electron chi connectivity index (χ2n) is 5.99. The maximum absolute atomic E-state index is 12.0. The van der Waals surface area contributed by atoms with Gasteiger partial charge in [0.1, 0.15) is 5.60 Å². The Balaban J connectivity index is 2.63. The topological polar surface area (TPSA) is 29.5 Å². The van der Waals surface area contributed by atoms with E-state index in [2.05, 4.69) is 22.9 Å². The van der Waals surface area contributed by atoms with Gasteiger partial charge in [0.2, 0.25) is 0 Å². The molecule has 3 nitrogen and oxygen atoms in total. The number of hydrogen-bond acceptors (Lipinski definition) is 2. The van der Waals surface area contributed by atoms with E-state index in [0.29, 0.717) is 0 Å². The quantitative estimate of drug-likeness (QED) is 0.726. The Bertz CT molecular complexity index is 269. The van der Waals surface area contributed by atoms with E-state index in [0.717, 1.165) is 31.3 Å². The molecule has 1 atom stereocenters. The van der Waals surface area contributed by atoms with E-state index in [-0.39, 0.29) is 11.5 Å². The summed E-state index contributed by atoms with van der Waals surface area (Å²) in [6, 6.07) is 0. The number of hydrogen-bond donors (Lipinski definition) is 0. The predicted molar refractivity (Wildman–Crippen MR) is 73.6 cm³/mol. The first-order chi connectivity index (χ1) is 7.82. The van der Waals surface area contributed by atoms with Gasteiger partial charge in [-0.15, -0.1) is 0 Å². The summed E-state index contributed by atoms with van der Waals surface area (Å²) in [5, 5.41) is 0.954. The molecule has 1 fully saturated rings. The van der Waals surface area contributed by atoms with E-state index >= 15 is 0 Å². The number of likely N-dealkylation sites (tertiary alicyclic amines) is 1. The van der Waals surface area contributed by atoms with Gasteiger partial charge in [0.05, 0.1) is 0 Å². The van der Waals surface area contributed by atoms with Crippen LogP contribution in [0.5, 0.6) is 0 Å². The number of nitrogens with zero attached hydrogens (tertiary/aromatic N) is 1. The minimum absolute atomic E-state index is 0.170. The normalized spacial score (nSPS) is 25.8. The summed E-state index contributed by atoms with van der Waals surface area (Å²) in [4.78, 5) is 13.9. The number of halogens is 1. The standard InChI is InChI=1S/C13H24BrNO2/c1-5-13(9-14)7-6-8-15(10-13)11(16)17-12(2,3)4/h5-10H2,1-4H3. The third-order valence-electron chi connectivity index (χ3n) is 3.35. The Morgan fingerprint density at radius 1 is 1.47 bits per heavy atom. The monoisotopic (exact) mass is 305 g/mol. The zero-order valence-electron chi connectivity index (χ0n) is 11.4. The Morgan fingerprint density at radius 3 is 2.59 bits per heavy atom. The first kappa shape index (κ1) is 14.8. The Morgan fingerprint density at radius 2 is 2.12 bits per heavy atom. The maximum Gasteiger partial charge on any atom is 0.410 e. The molecule has 0 spiro atoms. The lowest BCUT2D eigenvalue weighted by Crippen LogP contribution is -2.48. The smallest absolute Gasteiger partial charge is 0.410 e. The third kappa shape index (κ3) is 4.16. The minimum Gasteiger partial charge on any atom is -0.444 e. The molecule has 1 heterocycles. The van der Waals surface area contributed by atoms with Crippen LogP contribution in [0.1, 0.15) is 47.0 Å². The summed E-state index contributed by atoms with van der Waals surface area (Å²) in [5.41, 5.74) is -0.174. The lowest BCUT2D eigenvalue weighted by atomic mass is 9.80. The van der Waals surface area contributed by atoms with Gasteiger partial charge in [-0.3, -0.25) is 0 Å². The molecule has 1 saturated heterocycles. The Labute approximate surface area is 113 Å². The molecule has 0 N–H and O–H groups in total. The average Bonchev–Trinajstić information content (AvgIpc) is 2.27. The second kappa shape index (κ2) is 5.59. The fourth-order valence-corrected chi connectivity index (χ4v) is 3.04. The number of rotatable bonds is 2. The van der Waals surface area contributed by atoms with E-state index in [1.54, 1.807) is 0 Å². The van der Waals surface area contributed by atoms with Gasteiger partial charge in [0, 0.05) is 18.4 Å². The molecule has 1 aliphatic rings. The van der Waals surface area contributed by atoms with E-state index < -0.39 is 5.60 Å². The van der Waals surface area contributed by atoms with Crippen molar-refractivity contribution in [2.45, 2.75) is 52.6 Å². The van der Waals surface area contributed by atoms with Crippen molar-refractivity contribution in [3.05, 3.63) is 0 Å². The van der Waals surface area contributed by atoms with Gasteiger partial charge in [-0.05, 0) is 45.4 Å². The van der Waals surface area contributed by atoms with Crippen LogP contribution in [0.15, 0.2) is 0 Å². The lowest BCUT2D eigenvalue weighted by molar-refractivity contribution is 0.00705. The average molecular weight is 306 g/mol. The Kier molecular flexibility index (Phi) is 4.87. The molecular weight excluding hydrogens is 282 g/mol. The van der Waals surface area contributed by atoms with Crippen LogP contribution in [0, 0.1) is 5.41 Å². The molecule has 1 aliphatic heterocycles. The molecule has 0 aromatic heterocycles. The van der Waals surface area contributed by atoms with Crippen molar-refractivity contribution in [3.63, 3.8) is 0 Å². The first-order valence-corrected chi connectivity index (χ1v) is 7.48. The molecular formula is C13H24BrNO2. The molecule has 4 heteroatoms. The molecule has 0 aromatic rings. The number of alkyl halides is 1. The molecule has 1 unspecified atom stereocenters. The zero-order valence-corrected chi connectivity index (χ0v) is 13.0. The van der Waals surface area contributed by atoms with Crippen molar-refractivity contribution in [1.29, 1.82) is 0 Å². The summed E-state index contributed by atoms with van der Waals surface area (Å²) in [6.45, 7) is 9.55. The fourth-order valence-electron chi connectivity index (χ4n) is 2.18. The highest BCUT2D eigenvalue weighted by Gasteiger charge is 2.36. The highest BCUT2D eigenvalue weighted by molar-refractivity contribution is 9.09. The van der Waals surface area contributed by atoms with Gasteiger partial charge < -0.3 is 9.64 Å². The Hall–Kier alpha value is -0.250. The zero-order chi connectivity index (χ0) is 13.1. The molecule has 1 rings (SSSR count). The van der Waals surface area contributed by atoms with Crippen LogP contribution in [0.4, 0.5) is 4.79 Å². The van der Waals surface area contributed by atoms with Crippen LogP contribution in [0.3, 0.4) is 0 Å². The van der Waals surface area contributed by atoms with Crippen molar-refractivity contribution in [3.8, 4) is 0 Å². The number of piperidine rings is 1. The number of amides is 1. The highest BCUT2D eigenvalue weighted by Crippen LogP contribution is 2.35. The van der Waals surface area contributed by atoms with Crippen LogP contribution >= 0.6 is 15.9 Å². The molecule has 100 valence electrons. The summed E-state index contributed by atoms with van der Waals surface area (Å²) in [5.74, 6) is 0. The molecule has 0 radical (unpaired) electrons. The summed E-state index contributed by atoms with van der Waals surface area (Å²) < 4.78 is 5.43. The molecule has 17 heavy (non-hydrogen) atoms. The fraction of sp³-hybridized carbons (Fsp3) is 0.923. The predicted octanol–water partition coefficient (Wildman–Crippen LogP) is 3.81. The SMILES string of the molecule is CCC1(CBr)CCCN(C(=O)OC(C)(C)C)C1. The van der Waals surface area contributed by atoms with Gasteiger partial charge in [-0.1, -0.05) is 22.9 Å². The van der Waals surface area contributed by atoms with Gasteiger partial charge in [-0.25, -0.2) is 4.79 Å². The number of ether oxygens (including phenoxy) is 1. The van der Waals surface area contributed by atoms with Crippen molar-refractivity contribution in [2.24, 2.45) is 5.41 Å². The molecule has 0 aromatic carbocycles. The third-order valence-corrected chi connectivity index (χ3v) is 4.54. The van der Waals surface area contributed by atoms with Crippen molar-refractivity contribution < 1.29 is 9.53 Å². The van der Waals surface area contributed by atoms with Gasteiger partial charge in [-0.2, -0.15) is 0 Å². The van der Waals surface area contributed by atoms with Crippen LogP contribution in [0.25, 0.3) is 0 Å². The lowest BCUT2D eigenvalue weighted by Gasteiger charge is -2.41. The molecule has 0 aliphatic carbocycles. The summed E-state index contributed by atoms with van der Waals surface area (Å²) >= 11 is 3.59. The molecule has 1 amide bonds. The minimum atomic E-state index is -0.405. The van der Waals surface area contributed by atoms with E-state index in [9.17, 15) is 4.79 Å². The van der Waals surface area contributed by atoms with Gasteiger partial charge >= 0.3 is 6.09 Å². The van der Waals surface area contributed by atoms with E-state index in [1.807, 2.05) is 25.7 Å². The largest absolute Gasteiger partial charge is 0.444 e. The van der Waals surface area contributed by atoms with E-state index in [1.165, 1.54) is 6.42 Å². The van der Waals surface area contributed by atoms with Crippen LogP contribution in [-0.2, 0) is 4.74 Å². The molecule has 0 bridgehead atoms. The number of carbonyl (C=O) groups excluding carboxylic acids is 1. The summed E-state index contributed by atoms with van der Waals surface area (Å²) in [7, 11) is 0. The van der Waals surface area contributed by atoms with Crippen molar-refractivity contribution in [1.82, 2.24) is 4.90 Å². The first-order valence-electron chi connectivity index (χ1n) is 6.36. The van der Waals surface area contributed by atoms with Gasteiger partial charge in [0.15, 0.2) is 0 Å².